The van der Waals surface area contributed by atoms with Gasteiger partial charge < -0.3 is 19.7 Å². The largest absolute Gasteiger partial charge is 0.484 e. The first-order valence-corrected chi connectivity index (χ1v) is 13.9. The Morgan fingerprint density at radius 1 is 1.16 bits per heavy atom. The van der Waals surface area contributed by atoms with Crippen molar-refractivity contribution in [3.8, 4) is 18.1 Å². The van der Waals surface area contributed by atoms with Crippen LogP contribution in [-0.2, 0) is 9.53 Å². The zero-order valence-electron chi connectivity index (χ0n) is 22.1. The quantitative estimate of drug-likeness (QED) is 0.472. The molecule has 0 saturated carbocycles. The Labute approximate surface area is 225 Å². The Hall–Kier alpha value is -3.34. The lowest BCUT2D eigenvalue weighted by atomic mass is 9.85. The summed E-state index contributed by atoms with van der Waals surface area (Å²) in [6, 6.07) is 6.82. The van der Waals surface area contributed by atoms with Crippen LogP contribution in [0.4, 0.5) is 11.5 Å². The number of nitrogens with one attached hydrogen (secondary N) is 1. The average Bonchev–Trinajstić information content (AvgIpc) is 3.07. The fourth-order valence-electron chi connectivity index (χ4n) is 6.58. The van der Waals surface area contributed by atoms with Gasteiger partial charge in [-0.15, -0.1) is 6.42 Å². The summed E-state index contributed by atoms with van der Waals surface area (Å²) >= 11 is 0. The summed E-state index contributed by atoms with van der Waals surface area (Å²) in [4.78, 5) is 20.9. The minimum Gasteiger partial charge on any atom is -0.484 e. The van der Waals surface area contributed by atoms with Gasteiger partial charge in [0.05, 0.1) is 5.69 Å². The number of piperidine rings is 1. The van der Waals surface area contributed by atoms with E-state index in [1.807, 2.05) is 17.2 Å². The molecule has 1 aromatic carbocycles. The molecular formula is C31H36N4O3. The van der Waals surface area contributed by atoms with Crippen molar-refractivity contribution in [2.24, 2.45) is 0 Å². The molecule has 3 saturated heterocycles. The molecule has 0 bridgehead atoms. The number of fused-ring (bicyclic) bond motifs is 2. The smallest absolute Gasteiger partial charge is 0.246 e. The third kappa shape index (κ3) is 4.57. The number of nitrogens with zero attached hydrogens (tertiary/aromatic N) is 3. The van der Waals surface area contributed by atoms with Crippen LogP contribution in [-0.4, -0.2) is 66.1 Å². The number of carbonyl (C=O) groups is 1. The molecule has 4 aliphatic rings. The maximum atomic E-state index is 11.8. The van der Waals surface area contributed by atoms with E-state index in [2.05, 4.69) is 41.8 Å². The van der Waals surface area contributed by atoms with Crippen molar-refractivity contribution in [2.45, 2.75) is 56.6 Å². The van der Waals surface area contributed by atoms with Crippen LogP contribution in [0.2, 0.25) is 0 Å². The van der Waals surface area contributed by atoms with Gasteiger partial charge in [-0.3, -0.25) is 9.69 Å². The van der Waals surface area contributed by atoms with Crippen LogP contribution < -0.4 is 10.1 Å². The molecular weight excluding hydrogens is 476 g/mol. The van der Waals surface area contributed by atoms with Gasteiger partial charge in [0.25, 0.3) is 0 Å². The molecule has 0 aliphatic carbocycles. The molecule has 7 heteroatoms. The molecule has 198 valence electrons. The maximum Gasteiger partial charge on any atom is 0.246 e. The molecule has 38 heavy (non-hydrogen) atoms. The number of hydrogen-bond acceptors (Lipinski definition) is 6. The van der Waals surface area contributed by atoms with Crippen molar-refractivity contribution in [2.75, 3.05) is 44.7 Å². The van der Waals surface area contributed by atoms with E-state index >= 15 is 0 Å². The second-order valence-electron chi connectivity index (χ2n) is 10.9. The number of ether oxygens (including phenoxy) is 2. The second kappa shape index (κ2) is 10.4. The average molecular weight is 513 g/mol. The minimum absolute atomic E-state index is 0.0276. The summed E-state index contributed by atoms with van der Waals surface area (Å²) < 4.78 is 12.1. The van der Waals surface area contributed by atoms with E-state index in [0.717, 1.165) is 93.5 Å². The lowest BCUT2D eigenvalue weighted by molar-refractivity contribution is -0.133. The highest BCUT2D eigenvalue weighted by atomic mass is 16.5. The minimum atomic E-state index is -0.139. The van der Waals surface area contributed by atoms with Crippen molar-refractivity contribution in [1.29, 1.82) is 0 Å². The number of rotatable bonds is 4. The Morgan fingerprint density at radius 2 is 1.89 bits per heavy atom. The van der Waals surface area contributed by atoms with Crippen LogP contribution in [0.25, 0.3) is 0 Å². The van der Waals surface area contributed by atoms with E-state index in [4.69, 9.17) is 20.9 Å². The Kier molecular flexibility index (Phi) is 6.86. The van der Waals surface area contributed by atoms with Gasteiger partial charge in [0.2, 0.25) is 5.91 Å². The SMILES string of the molecule is C#Cc1cc2c(cc1C1CCN(C3CN(C(=O)C=C)C3)CC1)Nc1nccc(C3CCOCC3)c1C(C)O2. The zero-order valence-corrected chi connectivity index (χ0v) is 22.1. The normalized spacial score (nSPS) is 22.6. The molecule has 0 spiro atoms. The van der Waals surface area contributed by atoms with E-state index in [0.29, 0.717) is 17.9 Å². The van der Waals surface area contributed by atoms with E-state index in [1.54, 1.807) is 0 Å². The van der Waals surface area contributed by atoms with E-state index in [1.165, 1.54) is 17.2 Å². The highest BCUT2D eigenvalue weighted by Crippen LogP contribution is 2.45. The first kappa shape index (κ1) is 25.0. The molecule has 4 aliphatic heterocycles. The summed E-state index contributed by atoms with van der Waals surface area (Å²) in [6.07, 6.45) is 13.3. The summed E-state index contributed by atoms with van der Waals surface area (Å²) in [5.41, 5.74) is 5.49. The predicted octanol–water partition coefficient (Wildman–Crippen LogP) is 4.73. The zero-order chi connectivity index (χ0) is 26.2. The Balaban J connectivity index is 1.22. The lowest BCUT2D eigenvalue weighted by Gasteiger charge is -2.47. The highest BCUT2D eigenvalue weighted by Gasteiger charge is 2.36. The van der Waals surface area contributed by atoms with Crippen molar-refractivity contribution >= 4 is 17.4 Å². The van der Waals surface area contributed by atoms with E-state index in [-0.39, 0.29) is 12.0 Å². The van der Waals surface area contributed by atoms with Gasteiger partial charge in [-0.05, 0) is 92.9 Å². The molecule has 2 aromatic rings. The van der Waals surface area contributed by atoms with Crippen LogP contribution in [0.15, 0.2) is 37.1 Å². The molecule has 1 atom stereocenters. The van der Waals surface area contributed by atoms with Gasteiger partial charge in [-0.2, -0.15) is 0 Å². The number of benzene rings is 1. The molecule has 1 unspecified atom stereocenters. The number of hydrogen-bond donors (Lipinski definition) is 1. The molecule has 5 heterocycles. The number of pyridine rings is 1. The summed E-state index contributed by atoms with van der Waals surface area (Å²) in [5, 5.41) is 3.62. The second-order valence-corrected chi connectivity index (χ2v) is 10.9. The third-order valence-electron chi connectivity index (χ3n) is 8.79. The van der Waals surface area contributed by atoms with E-state index < -0.39 is 0 Å². The van der Waals surface area contributed by atoms with Gasteiger partial charge >= 0.3 is 0 Å². The fourth-order valence-corrected chi connectivity index (χ4v) is 6.58. The van der Waals surface area contributed by atoms with E-state index in [9.17, 15) is 4.79 Å². The van der Waals surface area contributed by atoms with Gasteiger partial charge in [-0.25, -0.2) is 4.98 Å². The number of terminal acetylenes is 1. The molecule has 0 radical (unpaired) electrons. The maximum absolute atomic E-state index is 11.8. The number of aromatic nitrogens is 1. The van der Waals surface area contributed by atoms with Gasteiger partial charge in [-0.1, -0.05) is 12.5 Å². The lowest BCUT2D eigenvalue weighted by Crippen LogP contribution is -2.61. The summed E-state index contributed by atoms with van der Waals surface area (Å²) in [5.74, 6) is 5.46. The topological polar surface area (TPSA) is 66.9 Å². The van der Waals surface area contributed by atoms with Crippen LogP contribution in [0.3, 0.4) is 0 Å². The summed E-state index contributed by atoms with van der Waals surface area (Å²) in [6.45, 7) is 10.9. The van der Waals surface area contributed by atoms with Crippen molar-refractivity contribution in [3.05, 3.63) is 59.3 Å². The Morgan fingerprint density at radius 3 is 2.61 bits per heavy atom. The first-order chi connectivity index (χ1) is 18.6. The third-order valence-corrected chi connectivity index (χ3v) is 8.79. The number of carbonyl (C=O) groups excluding carboxylic acids is 1. The van der Waals surface area contributed by atoms with Gasteiger partial charge in [0, 0.05) is 49.7 Å². The molecule has 1 N–H and O–H groups in total. The number of likely N-dealkylation sites (tertiary alicyclic amines) is 2. The van der Waals surface area contributed by atoms with Gasteiger partial charge in [0.1, 0.15) is 17.7 Å². The van der Waals surface area contributed by atoms with Crippen LogP contribution in [0, 0.1) is 12.3 Å². The van der Waals surface area contributed by atoms with Crippen molar-refractivity contribution in [1.82, 2.24) is 14.8 Å². The molecule has 3 fully saturated rings. The van der Waals surface area contributed by atoms with Crippen LogP contribution in [0.5, 0.6) is 5.75 Å². The highest BCUT2D eigenvalue weighted by molar-refractivity contribution is 5.87. The summed E-state index contributed by atoms with van der Waals surface area (Å²) in [7, 11) is 0. The number of anilines is 2. The van der Waals surface area contributed by atoms with Crippen molar-refractivity contribution < 1.29 is 14.3 Å². The standard InChI is InChI=1S/C31H36N4O3/c1-4-21-16-28-27(17-26(21)22-7-12-34(13-8-22)24-18-35(19-24)29(36)5-2)33-31-30(20(3)38-28)25(6-11-32-31)23-9-14-37-15-10-23/h1,5-6,11,16-17,20,22-24H,2,7-10,12-15,18-19H2,3H3,(H,32,33). The predicted molar refractivity (Wildman–Crippen MR) is 148 cm³/mol. The monoisotopic (exact) mass is 512 g/mol. The molecule has 1 aromatic heterocycles. The van der Waals surface area contributed by atoms with Crippen LogP contribution in [0.1, 0.15) is 72.8 Å². The van der Waals surface area contributed by atoms with Crippen LogP contribution >= 0.6 is 0 Å². The molecule has 7 nitrogen and oxygen atoms in total. The first-order valence-electron chi connectivity index (χ1n) is 13.9. The fraction of sp³-hybridized carbons (Fsp3) is 0.484. The van der Waals surface area contributed by atoms with Crippen molar-refractivity contribution in [3.63, 3.8) is 0 Å². The molecule has 1 amide bonds. The Bertz CT molecular complexity index is 1260. The molecule has 6 rings (SSSR count). The van der Waals surface area contributed by atoms with Gasteiger partial charge in [0.15, 0.2) is 0 Å². The number of amides is 1.